The Balaban J connectivity index is 1.83. The maximum absolute atomic E-state index is 12.1. The second-order valence-corrected chi connectivity index (χ2v) is 7.29. The van der Waals surface area contributed by atoms with Crippen molar-refractivity contribution in [2.75, 3.05) is 37.5 Å². The summed E-state index contributed by atoms with van der Waals surface area (Å²) < 4.78 is 4.96. The van der Waals surface area contributed by atoms with Gasteiger partial charge in [-0.05, 0) is 30.2 Å². The van der Waals surface area contributed by atoms with Gasteiger partial charge in [0, 0.05) is 48.7 Å². The third-order valence-electron chi connectivity index (χ3n) is 4.96. The molecule has 0 bridgehead atoms. The van der Waals surface area contributed by atoms with Gasteiger partial charge in [-0.3, -0.25) is 24.5 Å². The predicted molar refractivity (Wildman–Crippen MR) is 103 cm³/mol. The van der Waals surface area contributed by atoms with Crippen LogP contribution < -0.4 is 10.2 Å². The number of hydrogen-bond acceptors (Lipinski definition) is 7. The number of carbonyl (C=O) groups excluding carboxylic acids is 3. The van der Waals surface area contributed by atoms with Crippen LogP contribution >= 0.6 is 0 Å². The Kier molecular flexibility index (Phi) is 7.08. The van der Waals surface area contributed by atoms with Gasteiger partial charge in [0.15, 0.2) is 6.61 Å². The molecular weight excluding hydrogens is 366 g/mol. The van der Waals surface area contributed by atoms with Crippen LogP contribution in [0.4, 0.5) is 11.4 Å². The van der Waals surface area contributed by atoms with Gasteiger partial charge in [0.25, 0.3) is 5.91 Å². The molecule has 152 valence electrons. The maximum atomic E-state index is 12.1. The molecule has 0 aromatic heterocycles. The zero-order chi connectivity index (χ0) is 20.8. The van der Waals surface area contributed by atoms with Crippen molar-refractivity contribution in [2.24, 2.45) is 17.8 Å². The second-order valence-electron chi connectivity index (χ2n) is 7.29. The van der Waals surface area contributed by atoms with E-state index in [9.17, 15) is 24.5 Å². The standard InChI is InChI=1S/C19H25N3O6/c1-12-8-17(23)15(16(12)10-22(26)27)9-19(25)28-11-18(24)20-13-4-6-14(7-5-13)21(2)3/h4-7,12,15-16H,8-11H2,1-3H3,(H,20,24)/t12-,15-,16-/m1/s1. The molecule has 1 aromatic carbocycles. The van der Waals surface area contributed by atoms with Crippen LogP contribution in [0.1, 0.15) is 19.8 Å². The summed E-state index contributed by atoms with van der Waals surface area (Å²) in [5, 5.41) is 13.4. The summed E-state index contributed by atoms with van der Waals surface area (Å²) in [5.74, 6) is -2.74. The quantitative estimate of drug-likeness (QED) is 0.407. The largest absolute Gasteiger partial charge is 0.456 e. The molecule has 3 atom stereocenters. The zero-order valence-electron chi connectivity index (χ0n) is 16.2. The summed E-state index contributed by atoms with van der Waals surface area (Å²) >= 11 is 0. The van der Waals surface area contributed by atoms with E-state index in [1.54, 1.807) is 19.1 Å². The monoisotopic (exact) mass is 391 g/mol. The van der Waals surface area contributed by atoms with Crippen LogP contribution in [0.2, 0.25) is 0 Å². The summed E-state index contributed by atoms with van der Waals surface area (Å²) in [5.41, 5.74) is 1.54. The van der Waals surface area contributed by atoms with E-state index in [0.717, 1.165) is 5.69 Å². The summed E-state index contributed by atoms with van der Waals surface area (Å²) in [6, 6.07) is 7.14. The van der Waals surface area contributed by atoms with E-state index in [0.29, 0.717) is 5.69 Å². The van der Waals surface area contributed by atoms with Gasteiger partial charge in [0.05, 0.1) is 6.42 Å². The second kappa shape index (κ2) is 9.29. The van der Waals surface area contributed by atoms with Crippen molar-refractivity contribution < 1.29 is 24.0 Å². The Morgan fingerprint density at radius 2 is 1.93 bits per heavy atom. The number of nitrogens with zero attached hydrogens (tertiary/aromatic N) is 2. The lowest BCUT2D eigenvalue weighted by Crippen LogP contribution is -2.28. The predicted octanol–water partition coefficient (Wildman–Crippen LogP) is 1.74. The van der Waals surface area contributed by atoms with E-state index in [1.807, 2.05) is 31.1 Å². The molecular formula is C19H25N3O6. The molecule has 0 spiro atoms. The highest BCUT2D eigenvalue weighted by molar-refractivity contribution is 5.93. The normalized spacial score (nSPS) is 21.2. The Morgan fingerprint density at radius 3 is 2.50 bits per heavy atom. The number of esters is 1. The van der Waals surface area contributed by atoms with E-state index in [4.69, 9.17) is 4.74 Å². The molecule has 2 rings (SSSR count). The van der Waals surface area contributed by atoms with Crippen molar-refractivity contribution in [1.82, 2.24) is 0 Å². The van der Waals surface area contributed by atoms with E-state index in [1.165, 1.54) is 0 Å². The van der Waals surface area contributed by atoms with Gasteiger partial charge in [-0.15, -0.1) is 0 Å². The molecule has 1 saturated carbocycles. The minimum absolute atomic E-state index is 0.149. The fraction of sp³-hybridized carbons (Fsp3) is 0.526. The van der Waals surface area contributed by atoms with Crippen molar-refractivity contribution in [3.63, 3.8) is 0 Å². The highest BCUT2D eigenvalue weighted by atomic mass is 16.6. The lowest BCUT2D eigenvalue weighted by molar-refractivity contribution is -0.490. The summed E-state index contributed by atoms with van der Waals surface area (Å²) in [6.45, 7) is 0.936. The first kappa shape index (κ1) is 21.3. The number of Topliss-reactive ketones (excluding diaryl/α,β-unsaturated/α-hetero) is 1. The van der Waals surface area contributed by atoms with E-state index < -0.39 is 35.2 Å². The summed E-state index contributed by atoms with van der Waals surface area (Å²) in [7, 11) is 3.80. The van der Waals surface area contributed by atoms with Crippen LogP contribution in [0.3, 0.4) is 0 Å². The molecule has 1 N–H and O–H groups in total. The molecule has 28 heavy (non-hydrogen) atoms. The number of hydrogen-bond donors (Lipinski definition) is 1. The molecule has 0 radical (unpaired) electrons. The molecule has 1 fully saturated rings. The SMILES string of the molecule is C[C@@H]1CC(=O)[C@H](CC(=O)OCC(=O)Nc2ccc(N(C)C)cc2)[C@@H]1C[N+](=O)[O-]. The van der Waals surface area contributed by atoms with Gasteiger partial charge in [-0.25, -0.2) is 0 Å². The van der Waals surface area contributed by atoms with Crippen LogP contribution in [-0.2, 0) is 19.1 Å². The van der Waals surface area contributed by atoms with Crippen LogP contribution in [0.25, 0.3) is 0 Å². The fourth-order valence-electron chi connectivity index (χ4n) is 3.42. The zero-order valence-corrected chi connectivity index (χ0v) is 16.2. The molecule has 0 heterocycles. The first-order chi connectivity index (χ1) is 13.2. The smallest absolute Gasteiger partial charge is 0.307 e. The van der Waals surface area contributed by atoms with E-state index in [-0.39, 0.29) is 31.1 Å². The molecule has 0 aliphatic heterocycles. The van der Waals surface area contributed by atoms with Gasteiger partial charge in [0.2, 0.25) is 6.54 Å². The number of benzene rings is 1. The number of ether oxygens (including phenoxy) is 1. The molecule has 1 aliphatic rings. The molecule has 0 unspecified atom stereocenters. The van der Waals surface area contributed by atoms with Gasteiger partial charge in [-0.1, -0.05) is 6.92 Å². The Bertz CT molecular complexity index is 747. The number of anilines is 2. The van der Waals surface area contributed by atoms with Crippen molar-refractivity contribution in [2.45, 2.75) is 19.8 Å². The number of nitro groups is 1. The molecule has 9 nitrogen and oxygen atoms in total. The van der Waals surface area contributed by atoms with Crippen LogP contribution in [0.15, 0.2) is 24.3 Å². The third-order valence-corrected chi connectivity index (χ3v) is 4.96. The minimum Gasteiger partial charge on any atom is -0.456 e. The van der Waals surface area contributed by atoms with Crippen LogP contribution in [0, 0.1) is 27.9 Å². The Morgan fingerprint density at radius 1 is 1.29 bits per heavy atom. The van der Waals surface area contributed by atoms with Crippen molar-refractivity contribution in [1.29, 1.82) is 0 Å². The van der Waals surface area contributed by atoms with Gasteiger partial charge in [-0.2, -0.15) is 0 Å². The lowest BCUT2D eigenvalue weighted by atomic mass is 9.88. The van der Waals surface area contributed by atoms with Gasteiger partial charge < -0.3 is 15.0 Å². The molecule has 1 amide bonds. The molecule has 9 heteroatoms. The maximum Gasteiger partial charge on any atom is 0.307 e. The van der Waals surface area contributed by atoms with Crippen molar-refractivity contribution in [3.8, 4) is 0 Å². The molecule has 1 aromatic rings. The molecule has 0 saturated heterocycles. The van der Waals surface area contributed by atoms with Gasteiger partial charge in [0.1, 0.15) is 5.78 Å². The number of nitrogens with one attached hydrogen (secondary N) is 1. The van der Waals surface area contributed by atoms with E-state index >= 15 is 0 Å². The highest BCUT2D eigenvalue weighted by Gasteiger charge is 2.44. The lowest BCUT2D eigenvalue weighted by Gasteiger charge is -2.17. The average molecular weight is 391 g/mol. The number of ketones is 1. The first-order valence-electron chi connectivity index (χ1n) is 9.04. The average Bonchev–Trinajstić information content (AvgIpc) is 2.87. The topological polar surface area (TPSA) is 119 Å². The Hall–Kier alpha value is -2.97. The first-order valence-corrected chi connectivity index (χ1v) is 9.04. The summed E-state index contributed by atoms with van der Waals surface area (Å²) in [4.78, 5) is 48.3. The highest BCUT2D eigenvalue weighted by Crippen LogP contribution is 2.36. The van der Waals surface area contributed by atoms with Gasteiger partial charge >= 0.3 is 5.97 Å². The molecule has 1 aliphatic carbocycles. The van der Waals surface area contributed by atoms with E-state index in [2.05, 4.69) is 5.32 Å². The summed E-state index contributed by atoms with van der Waals surface area (Å²) in [6.07, 6.45) is -0.0215. The third kappa shape index (κ3) is 5.77. The van der Waals surface area contributed by atoms with Crippen molar-refractivity contribution in [3.05, 3.63) is 34.4 Å². The number of carbonyl (C=O) groups is 3. The minimum atomic E-state index is -0.727. The Labute approximate surface area is 163 Å². The number of rotatable bonds is 8. The van der Waals surface area contributed by atoms with Crippen LogP contribution in [0.5, 0.6) is 0 Å². The fourth-order valence-corrected chi connectivity index (χ4v) is 3.42. The number of amides is 1. The van der Waals surface area contributed by atoms with Crippen LogP contribution in [-0.4, -0.2) is 49.8 Å². The van der Waals surface area contributed by atoms with Crippen molar-refractivity contribution >= 4 is 29.0 Å².